The maximum Gasteiger partial charge on any atom is 0.273 e. The zero-order chi connectivity index (χ0) is 31.2. The first kappa shape index (κ1) is 30.5. The van der Waals surface area contributed by atoms with Gasteiger partial charge in [-0.25, -0.2) is 19.9 Å². The SMILES string of the molecule is Cc1ncc(C(=O)N2CCNC(=O)c3coc(n3)[C@H](Cc3ccccc3)NC(=O)c3csc(n3)[C@H](C(C)C)NC(=O)C2)cn1. The standard InChI is InChI=1S/C30H32N8O5S/c1-17(2)25-29-36-23(16-44-29)27(41)34-21(11-19-7-5-4-6-8-19)28-35-22(15-43-28)26(40)31-9-10-38(14-24(39)37-25)30(42)20-12-32-18(3)33-13-20/h4-8,12-13,15-17,21,25H,9-11,14H2,1-3H3,(H,31,40)(H,34,41)(H,37,39)/t21-,25-/m0/s1. The molecule has 0 saturated carbocycles. The van der Waals surface area contributed by atoms with E-state index in [0.29, 0.717) is 17.3 Å². The zero-order valence-corrected chi connectivity index (χ0v) is 25.3. The number of oxazole rings is 1. The summed E-state index contributed by atoms with van der Waals surface area (Å²) in [5.41, 5.74) is 1.31. The predicted octanol–water partition coefficient (Wildman–Crippen LogP) is 2.64. The quantitative estimate of drug-likeness (QED) is 0.312. The summed E-state index contributed by atoms with van der Waals surface area (Å²) >= 11 is 1.25. The molecule has 0 unspecified atom stereocenters. The van der Waals surface area contributed by atoms with Crippen molar-refractivity contribution < 1.29 is 23.6 Å². The van der Waals surface area contributed by atoms with Crippen molar-refractivity contribution in [3.05, 3.63) is 93.6 Å². The summed E-state index contributed by atoms with van der Waals surface area (Å²) in [4.78, 5) is 71.4. The Labute approximate surface area is 257 Å². The number of hydrogen-bond acceptors (Lipinski definition) is 10. The van der Waals surface area contributed by atoms with Crippen LogP contribution in [0.15, 0.2) is 58.8 Å². The third kappa shape index (κ3) is 7.32. The van der Waals surface area contributed by atoms with Gasteiger partial charge in [-0.1, -0.05) is 44.2 Å². The van der Waals surface area contributed by atoms with Gasteiger partial charge < -0.3 is 25.3 Å². The minimum absolute atomic E-state index is 0.00620. The number of hydrogen-bond donors (Lipinski definition) is 3. The molecular weight excluding hydrogens is 584 g/mol. The van der Waals surface area contributed by atoms with Crippen LogP contribution in [0.3, 0.4) is 0 Å². The van der Waals surface area contributed by atoms with E-state index < -0.39 is 35.7 Å². The van der Waals surface area contributed by atoms with Gasteiger partial charge in [-0.05, 0) is 18.4 Å². The number of carbonyl (C=O) groups excluding carboxylic acids is 4. The summed E-state index contributed by atoms with van der Waals surface area (Å²) in [5, 5.41) is 10.8. The molecule has 4 amide bonds. The molecule has 1 aliphatic heterocycles. The lowest BCUT2D eigenvalue weighted by atomic mass is 10.0. The maximum absolute atomic E-state index is 13.4. The highest BCUT2D eigenvalue weighted by Crippen LogP contribution is 2.26. The third-order valence-corrected chi connectivity index (χ3v) is 7.89. The first-order valence-corrected chi connectivity index (χ1v) is 15.0. The predicted molar refractivity (Wildman–Crippen MR) is 160 cm³/mol. The summed E-state index contributed by atoms with van der Waals surface area (Å²) in [5.74, 6) is -1.30. The molecule has 1 aromatic carbocycles. The van der Waals surface area contributed by atoms with Crippen LogP contribution in [0, 0.1) is 12.8 Å². The van der Waals surface area contributed by atoms with Crippen molar-refractivity contribution in [2.45, 2.75) is 39.3 Å². The topological polar surface area (TPSA) is 172 Å². The molecule has 0 saturated heterocycles. The lowest BCUT2D eigenvalue weighted by Gasteiger charge is -2.25. The average Bonchev–Trinajstić information content (AvgIpc) is 3.70. The molecule has 14 heteroatoms. The van der Waals surface area contributed by atoms with Crippen molar-refractivity contribution in [3.63, 3.8) is 0 Å². The van der Waals surface area contributed by atoms with Crippen LogP contribution in [0.1, 0.15) is 79.6 Å². The van der Waals surface area contributed by atoms with Gasteiger partial charge in [-0.2, -0.15) is 0 Å². The van der Waals surface area contributed by atoms with E-state index in [-0.39, 0.29) is 48.4 Å². The van der Waals surface area contributed by atoms with Crippen LogP contribution >= 0.6 is 11.3 Å². The van der Waals surface area contributed by atoms with E-state index in [0.717, 1.165) is 5.56 Å². The molecule has 2 atom stereocenters. The Hall–Kier alpha value is -4.98. The van der Waals surface area contributed by atoms with Crippen LogP contribution in [0.25, 0.3) is 0 Å². The van der Waals surface area contributed by atoms with E-state index in [9.17, 15) is 19.2 Å². The number of aromatic nitrogens is 4. The summed E-state index contributed by atoms with van der Waals surface area (Å²) in [6.07, 6.45) is 4.37. The first-order chi connectivity index (χ1) is 21.2. The number of fused-ring (bicyclic) bond motifs is 4. The van der Waals surface area contributed by atoms with E-state index in [1.54, 1.807) is 12.3 Å². The molecule has 228 valence electrons. The van der Waals surface area contributed by atoms with E-state index >= 15 is 0 Å². The van der Waals surface area contributed by atoms with Gasteiger partial charge in [0.15, 0.2) is 5.69 Å². The van der Waals surface area contributed by atoms with Crippen LogP contribution < -0.4 is 16.0 Å². The second-order valence-corrected chi connectivity index (χ2v) is 11.5. The molecule has 4 bridgehead atoms. The summed E-state index contributed by atoms with van der Waals surface area (Å²) in [7, 11) is 0. The van der Waals surface area contributed by atoms with Crippen molar-refractivity contribution in [2.75, 3.05) is 19.6 Å². The van der Waals surface area contributed by atoms with Crippen molar-refractivity contribution in [2.24, 2.45) is 5.92 Å². The van der Waals surface area contributed by atoms with Crippen molar-refractivity contribution in [1.29, 1.82) is 0 Å². The van der Waals surface area contributed by atoms with Gasteiger partial charge in [0.25, 0.3) is 17.7 Å². The molecule has 0 radical (unpaired) electrons. The smallest absolute Gasteiger partial charge is 0.273 e. The van der Waals surface area contributed by atoms with E-state index in [4.69, 9.17) is 4.42 Å². The fourth-order valence-electron chi connectivity index (χ4n) is 4.61. The Balaban J connectivity index is 1.47. The zero-order valence-electron chi connectivity index (χ0n) is 24.4. The Morgan fingerprint density at radius 1 is 1.05 bits per heavy atom. The summed E-state index contributed by atoms with van der Waals surface area (Å²) < 4.78 is 5.67. The van der Waals surface area contributed by atoms with Gasteiger partial charge in [-0.3, -0.25) is 19.2 Å². The minimum atomic E-state index is -0.694. The number of benzene rings is 1. The fourth-order valence-corrected chi connectivity index (χ4v) is 5.63. The molecule has 3 aromatic heterocycles. The van der Waals surface area contributed by atoms with Crippen molar-refractivity contribution >= 4 is 35.0 Å². The van der Waals surface area contributed by atoms with Gasteiger partial charge >= 0.3 is 0 Å². The normalized spacial score (nSPS) is 18.2. The van der Waals surface area contributed by atoms with Gasteiger partial charge in [-0.15, -0.1) is 11.3 Å². The van der Waals surface area contributed by atoms with Gasteiger partial charge in [0, 0.05) is 37.3 Å². The van der Waals surface area contributed by atoms with Crippen molar-refractivity contribution in [3.8, 4) is 0 Å². The Morgan fingerprint density at radius 2 is 1.80 bits per heavy atom. The number of thiazole rings is 1. The van der Waals surface area contributed by atoms with Gasteiger partial charge in [0.1, 0.15) is 28.8 Å². The maximum atomic E-state index is 13.4. The Bertz CT molecular complexity index is 1640. The van der Waals surface area contributed by atoms with Crippen LogP contribution in [-0.4, -0.2) is 68.1 Å². The second-order valence-electron chi connectivity index (χ2n) is 10.6. The van der Waals surface area contributed by atoms with E-state index in [1.165, 1.54) is 34.9 Å². The van der Waals surface area contributed by atoms with Gasteiger partial charge in [0.2, 0.25) is 11.8 Å². The molecule has 0 fully saturated rings. The molecule has 4 aromatic rings. The number of rotatable bonds is 4. The fraction of sp³-hybridized carbons (Fsp3) is 0.333. The van der Waals surface area contributed by atoms with Crippen LogP contribution in [0.2, 0.25) is 0 Å². The molecule has 5 rings (SSSR count). The highest BCUT2D eigenvalue weighted by molar-refractivity contribution is 7.09. The minimum Gasteiger partial charge on any atom is -0.446 e. The number of aryl methyl sites for hydroxylation is 1. The Morgan fingerprint density at radius 3 is 2.52 bits per heavy atom. The van der Waals surface area contributed by atoms with E-state index in [1.807, 2.05) is 44.2 Å². The first-order valence-electron chi connectivity index (χ1n) is 14.1. The summed E-state index contributed by atoms with van der Waals surface area (Å²) in [6.45, 7) is 5.32. The van der Waals surface area contributed by atoms with Crippen LogP contribution in [-0.2, 0) is 11.2 Å². The molecule has 44 heavy (non-hydrogen) atoms. The monoisotopic (exact) mass is 616 g/mol. The average molecular weight is 617 g/mol. The van der Waals surface area contributed by atoms with Crippen molar-refractivity contribution in [1.82, 2.24) is 40.8 Å². The second kappa shape index (κ2) is 13.5. The largest absolute Gasteiger partial charge is 0.446 e. The van der Waals surface area contributed by atoms with Gasteiger partial charge in [0.05, 0.1) is 18.2 Å². The molecule has 0 spiro atoms. The number of nitrogens with zero attached hydrogens (tertiary/aromatic N) is 5. The lowest BCUT2D eigenvalue weighted by molar-refractivity contribution is -0.122. The highest BCUT2D eigenvalue weighted by atomic mass is 32.1. The molecule has 4 heterocycles. The molecule has 0 aliphatic carbocycles. The lowest BCUT2D eigenvalue weighted by Crippen LogP contribution is -2.45. The summed E-state index contributed by atoms with van der Waals surface area (Å²) in [6, 6.07) is 8.30. The third-order valence-electron chi connectivity index (χ3n) is 6.96. The van der Waals surface area contributed by atoms with Crippen LogP contribution in [0.4, 0.5) is 0 Å². The van der Waals surface area contributed by atoms with Crippen LogP contribution in [0.5, 0.6) is 0 Å². The molecular formula is C30H32N8O5S. The van der Waals surface area contributed by atoms with E-state index in [2.05, 4.69) is 35.9 Å². The molecule has 3 N–H and O–H groups in total. The number of carbonyl (C=O) groups is 4. The number of amides is 4. The highest BCUT2D eigenvalue weighted by Gasteiger charge is 2.28. The number of nitrogens with one attached hydrogen (secondary N) is 3. The molecule has 13 nitrogen and oxygen atoms in total. The Kier molecular flexibility index (Phi) is 9.38. The molecule has 1 aliphatic rings.